The molecule has 1 saturated carbocycles. The van der Waals surface area contributed by atoms with Crippen LogP contribution >= 0.6 is 0 Å². The van der Waals surface area contributed by atoms with E-state index in [1.807, 2.05) is 0 Å². The summed E-state index contributed by atoms with van der Waals surface area (Å²) in [6.07, 6.45) is 22.0. The van der Waals surface area contributed by atoms with Gasteiger partial charge in [0.1, 0.15) is 6.10 Å². The molecule has 0 aromatic carbocycles. The fraction of sp³-hybridized carbons (Fsp3) is 0.806. The van der Waals surface area contributed by atoms with Gasteiger partial charge in [-0.1, -0.05) is 49.5 Å². The lowest BCUT2D eigenvalue weighted by Gasteiger charge is -2.27. The van der Waals surface area contributed by atoms with Crippen LogP contribution in [-0.2, 0) is 28.5 Å². The van der Waals surface area contributed by atoms with Gasteiger partial charge in [-0.05, 0) is 84.0 Å². The first-order valence-electron chi connectivity index (χ1n) is 14.7. The Morgan fingerprint density at radius 1 is 0.973 bits per heavy atom. The van der Waals surface area contributed by atoms with Crippen LogP contribution in [0.3, 0.4) is 0 Å². The molecule has 5 atom stereocenters. The van der Waals surface area contributed by atoms with E-state index in [0.29, 0.717) is 18.3 Å². The molecule has 1 saturated heterocycles. The summed E-state index contributed by atoms with van der Waals surface area (Å²) >= 11 is 0. The molecule has 0 spiro atoms. The molecule has 2 aliphatic rings. The number of hydrogen-bond donors (Lipinski definition) is 0. The van der Waals surface area contributed by atoms with E-state index in [4.69, 9.17) is 18.9 Å². The molecule has 212 valence electrons. The van der Waals surface area contributed by atoms with E-state index in [9.17, 15) is 9.59 Å². The summed E-state index contributed by atoms with van der Waals surface area (Å²) in [5.74, 6) is 0.404. The molecular formula is C31H52O6. The third-order valence-electron chi connectivity index (χ3n) is 7.56. The second kappa shape index (κ2) is 18.6. The van der Waals surface area contributed by atoms with Crippen molar-refractivity contribution < 1.29 is 28.5 Å². The van der Waals surface area contributed by atoms with Crippen LogP contribution < -0.4 is 0 Å². The van der Waals surface area contributed by atoms with Crippen molar-refractivity contribution in [2.75, 3.05) is 13.7 Å². The standard InChI is InChI=1S/C31H52O6/c1-24(2)14-8-7-9-15-27(37-31-18-12-13-23-35-31)21-19-26-20-22-29(36-25(3)32)28(26)16-10-5-6-11-17-30(33)34-4/h14,19,21,26-29,31H,5-13,15-18,20,22-23H2,1-4H3/b21-19+/t26-,27?,28+,29-,31?/m0/s1. The van der Waals surface area contributed by atoms with Crippen LogP contribution in [0.2, 0.25) is 0 Å². The highest BCUT2D eigenvalue weighted by Gasteiger charge is 2.36. The molecule has 1 aliphatic heterocycles. The third kappa shape index (κ3) is 13.6. The van der Waals surface area contributed by atoms with Crippen LogP contribution in [0.4, 0.5) is 0 Å². The predicted molar refractivity (Wildman–Crippen MR) is 147 cm³/mol. The number of methoxy groups -OCH3 is 1. The Morgan fingerprint density at radius 3 is 2.49 bits per heavy atom. The molecule has 1 heterocycles. The monoisotopic (exact) mass is 520 g/mol. The molecule has 37 heavy (non-hydrogen) atoms. The molecule has 6 heteroatoms. The SMILES string of the molecule is COC(=O)CCCCCC[C@H]1[C@@H](OC(C)=O)CC[C@@H]1/C=C/C(CCCCC=C(C)C)OC1CCCCO1. The molecule has 0 N–H and O–H groups in total. The first kappa shape index (κ1) is 31.6. The Balaban J connectivity index is 1.93. The van der Waals surface area contributed by atoms with Crippen LogP contribution in [0, 0.1) is 11.8 Å². The largest absolute Gasteiger partial charge is 0.469 e. The predicted octanol–water partition coefficient (Wildman–Crippen LogP) is 7.45. The Bertz CT molecular complexity index is 704. The average molecular weight is 521 g/mol. The van der Waals surface area contributed by atoms with Crippen molar-refractivity contribution in [2.45, 2.75) is 136 Å². The lowest BCUT2D eigenvalue weighted by molar-refractivity contribution is -0.179. The number of carbonyl (C=O) groups is 2. The second-order valence-corrected chi connectivity index (χ2v) is 11.0. The fourth-order valence-electron chi connectivity index (χ4n) is 5.53. The first-order chi connectivity index (χ1) is 17.9. The highest BCUT2D eigenvalue weighted by molar-refractivity contribution is 5.69. The van der Waals surface area contributed by atoms with Gasteiger partial charge < -0.3 is 18.9 Å². The zero-order valence-corrected chi connectivity index (χ0v) is 23.9. The molecule has 2 fully saturated rings. The van der Waals surface area contributed by atoms with Gasteiger partial charge in [-0.25, -0.2) is 0 Å². The zero-order valence-electron chi connectivity index (χ0n) is 23.9. The summed E-state index contributed by atoms with van der Waals surface area (Å²) in [6.45, 7) is 6.60. The van der Waals surface area contributed by atoms with E-state index in [1.165, 1.54) is 26.0 Å². The lowest BCUT2D eigenvalue weighted by atomic mass is 9.88. The summed E-state index contributed by atoms with van der Waals surface area (Å²) in [5, 5.41) is 0. The van der Waals surface area contributed by atoms with Crippen LogP contribution in [0.1, 0.15) is 117 Å². The van der Waals surface area contributed by atoms with E-state index >= 15 is 0 Å². The van der Waals surface area contributed by atoms with E-state index in [0.717, 1.165) is 90.1 Å². The minimum atomic E-state index is -0.190. The van der Waals surface area contributed by atoms with Crippen molar-refractivity contribution in [2.24, 2.45) is 11.8 Å². The highest BCUT2D eigenvalue weighted by Crippen LogP contribution is 2.39. The Labute approximate surface area is 225 Å². The van der Waals surface area contributed by atoms with Gasteiger partial charge in [0.05, 0.1) is 13.2 Å². The van der Waals surface area contributed by atoms with Gasteiger partial charge in [-0.15, -0.1) is 0 Å². The van der Waals surface area contributed by atoms with Gasteiger partial charge in [0.25, 0.3) is 0 Å². The average Bonchev–Trinajstić information content (AvgIpc) is 3.24. The van der Waals surface area contributed by atoms with Crippen molar-refractivity contribution >= 4 is 11.9 Å². The van der Waals surface area contributed by atoms with Crippen molar-refractivity contribution in [1.82, 2.24) is 0 Å². The summed E-state index contributed by atoms with van der Waals surface area (Å²) < 4.78 is 22.7. The highest BCUT2D eigenvalue weighted by atomic mass is 16.7. The maximum Gasteiger partial charge on any atom is 0.305 e. The maximum absolute atomic E-state index is 11.7. The molecule has 0 radical (unpaired) electrons. The van der Waals surface area contributed by atoms with E-state index in [2.05, 4.69) is 32.1 Å². The Hall–Kier alpha value is -1.66. The number of rotatable bonds is 17. The van der Waals surface area contributed by atoms with E-state index < -0.39 is 0 Å². The number of hydrogen-bond acceptors (Lipinski definition) is 6. The quantitative estimate of drug-likeness (QED) is 0.113. The van der Waals surface area contributed by atoms with Gasteiger partial charge >= 0.3 is 11.9 Å². The van der Waals surface area contributed by atoms with Gasteiger partial charge in [-0.3, -0.25) is 9.59 Å². The van der Waals surface area contributed by atoms with Gasteiger partial charge in [0.2, 0.25) is 0 Å². The summed E-state index contributed by atoms with van der Waals surface area (Å²) in [5.41, 5.74) is 1.38. The molecule has 2 unspecified atom stereocenters. The summed E-state index contributed by atoms with van der Waals surface area (Å²) in [4.78, 5) is 23.1. The number of carbonyl (C=O) groups excluding carboxylic acids is 2. The van der Waals surface area contributed by atoms with Crippen LogP contribution in [0.15, 0.2) is 23.8 Å². The van der Waals surface area contributed by atoms with Gasteiger partial charge in [0.15, 0.2) is 6.29 Å². The summed E-state index contributed by atoms with van der Waals surface area (Å²) in [7, 11) is 1.44. The molecule has 1 aliphatic carbocycles. The molecular weight excluding hydrogens is 468 g/mol. The van der Waals surface area contributed by atoms with Crippen LogP contribution in [0.5, 0.6) is 0 Å². The van der Waals surface area contributed by atoms with Crippen molar-refractivity contribution in [3.8, 4) is 0 Å². The number of unbranched alkanes of at least 4 members (excludes halogenated alkanes) is 5. The van der Waals surface area contributed by atoms with Crippen molar-refractivity contribution in [1.29, 1.82) is 0 Å². The third-order valence-corrected chi connectivity index (χ3v) is 7.56. The van der Waals surface area contributed by atoms with E-state index in [-0.39, 0.29) is 30.4 Å². The minimum absolute atomic E-state index is 0.00710. The molecule has 0 bridgehead atoms. The summed E-state index contributed by atoms with van der Waals surface area (Å²) in [6, 6.07) is 0. The van der Waals surface area contributed by atoms with E-state index in [1.54, 1.807) is 0 Å². The zero-order chi connectivity index (χ0) is 26.9. The van der Waals surface area contributed by atoms with Crippen LogP contribution in [0.25, 0.3) is 0 Å². The Morgan fingerprint density at radius 2 is 1.78 bits per heavy atom. The maximum atomic E-state index is 11.7. The lowest BCUT2D eigenvalue weighted by Crippen LogP contribution is -2.27. The fourth-order valence-corrected chi connectivity index (χ4v) is 5.53. The number of ether oxygens (including phenoxy) is 4. The first-order valence-corrected chi connectivity index (χ1v) is 14.7. The molecule has 2 rings (SSSR count). The number of esters is 2. The minimum Gasteiger partial charge on any atom is -0.469 e. The molecule has 0 aromatic heterocycles. The molecule has 6 nitrogen and oxygen atoms in total. The van der Waals surface area contributed by atoms with Crippen LogP contribution in [-0.4, -0.2) is 44.2 Å². The smallest absolute Gasteiger partial charge is 0.305 e. The molecule has 0 amide bonds. The van der Waals surface area contributed by atoms with Gasteiger partial charge in [-0.2, -0.15) is 0 Å². The second-order valence-electron chi connectivity index (χ2n) is 11.0. The van der Waals surface area contributed by atoms with Crippen molar-refractivity contribution in [3.05, 3.63) is 23.8 Å². The van der Waals surface area contributed by atoms with Crippen molar-refractivity contribution in [3.63, 3.8) is 0 Å². The normalized spacial score (nSPS) is 24.6. The molecule has 0 aromatic rings. The number of allylic oxidation sites excluding steroid dienone is 3. The topological polar surface area (TPSA) is 71.1 Å². The van der Waals surface area contributed by atoms with Gasteiger partial charge in [0, 0.05) is 25.9 Å². The Kier molecular flexibility index (Phi) is 15.8.